The Balaban J connectivity index is 1.43. The molecule has 1 heterocycles. The molecule has 29 heavy (non-hydrogen) atoms. The van der Waals surface area contributed by atoms with E-state index in [9.17, 15) is 14.4 Å². The van der Waals surface area contributed by atoms with Crippen LogP contribution in [0.1, 0.15) is 26.3 Å². The maximum absolute atomic E-state index is 12.8. The molecule has 3 aromatic carbocycles. The van der Waals surface area contributed by atoms with Crippen LogP contribution < -0.4 is 10.1 Å². The smallest absolute Gasteiger partial charge is 0.261 e. The van der Waals surface area contributed by atoms with Gasteiger partial charge in [-0.15, -0.1) is 0 Å². The minimum atomic E-state index is -0.442. The van der Waals surface area contributed by atoms with E-state index in [2.05, 4.69) is 5.32 Å². The summed E-state index contributed by atoms with van der Waals surface area (Å²) in [5.74, 6) is -0.503. The lowest BCUT2D eigenvalue weighted by Crippen LogP contribution is -2.46. The first kappa shape index (κ1) is 18.7. The van der Waals surface area contributed by atoms with Crippen molar-refractivity contribution in [1.29, 1.82) is 0 Å². The highest BCUT2D eigenvalue weighted by molar-refractivity contribution is 6.26. The lowest BCUT2D eigenvalue weighted by molar-refractivity contribution is -0.121. The summed E-state index contributed by atoms with van der Waals surface area (Å²) in [6.07, 6.45) is 0.618. The lowest BCUT2D eigenvalue weighted by Gasteiger charge is -2.26. The number of nitrogens with zero attached hydrogens (tertiary/aromatic N) is 1. The molecule has 6 heteroatoms. The molecule has 4 rings (SSSR count). The van der Waals surface area contributed by atoms with Crippen LogP contribution in [-0.4, -0.2) is 42.8 Å². The second kappa shape index (κ2) is 7.75. The van der Waals surface area contributed by atoms with Gasteiger partial charge in [0, 0.05) is 23.1 Å². The first-order valence-electron chi connectivity index (χ1n) is 9.36. The molecule has 1 aliphatic heterocycles. The summed E-state index contributed by atoms with van der Waals surface area (Å²) in [7, 11) is 1.60. The molecule has 0 fully saturated rings. The number of hydrogen-bond acceptors (Lipinski definition) is 4. The molecule has 0 saturated heterocycles. The van der Waals surface area contributed by atoms with E-state index in [-0.39, 0.29) is 12.5 Å². The quantitative estimate of drug-likeness (QED) is 0.659. The van der Waals surface area contributed by atoms with Gasteiger partial charge in [-0.05, 0) is 41.6 Å². The van der Waals surface area contributed by atoms with Crippen LogP contribution >= 0.6 is 0 Å². The Kier molecular flexibility index (Phi) is 4.99. The van der Waals surface area contributed by atoms with Crippen molar-refractivity contribution >= 4 is 28.5 Å². The third-order valence-corrected chi connectivity index (χ3v) is 5.03. The van der Waals surface area contributed by atoms with Crippen LogP contribution in [0.4, 0.5) is 0 Å². The summed E-state index contributed by atoms with van der Waals surface area (Å²) in [4.78, 5) is 39.1. The van der Waals surface area contributed by atoms with E-state index < -0.39 is 11.8 Å². The maximum Gasteiger partial charge on any atom is 0.261 e. The number of carbonyl (C=O) groups excluding carboxylic acids is 3. The van der Waals surface area contributed by atoms with Gasteiger partial charge in [0.15, 0.2) is 0 Å². The van der Waals surface area contributed by atoms with E-state index in [1.165, 1.54) is 0 Å². The van der Waals surface area contributed by atoms with Gasteiger partial charge in [-0.3, -0.25) is 19.3 Å². The number of benzene rings is 3. The zero-order valence-corrected chi connectivity index (χ0v) is 16.0. The summed E-state index contributed by atoms with van der Waals surface area (Å²) in [6, 6.07) is 18.3. The molecule has 0 saturated carbocycles. The molecule has 1 aliphatic rings. The molecular formula is C23H20N2O4. The van der Waals surface area contributed by atoms with Crippen molar-refractivity contribution in [1.82, 2.24) is 10.2 Å². The van der Waals surface area contributed by atoms with Gasteiger partial charge in [-0.25, -0.2) is 0 Å². The highest BCUT2D eigenvalue weighted by Gasteiger charge is 2.33. The van der Waals surface area contributed by atoms with E-state index in [1.54, 1.807) is 31.4 Å². The van der Waals surface area contributed by atoms with Crippen molar-refractivity contribution in [3.63, 3.8) is 0 Å². The van der Waals surface area contributed by atoms with Crippen molar-refractivity contribution in [2.45, 2.75) is 6.42 Å². The van der Waals surface area contributed by atoms with E-state index in [0.29, 0.717) is 29.5 Å². The number of amides is 3. The number of carbonyl (C=O) groups is 3. The number of hydrogen-bond donors (Lipinski definition) is 1. The van der Waals surface area contributed by atoms with E-state index in [1.807, 2.05) is 36.4 Å². The Morgan fingerprint density at radius 2 is 1.62 bits per heavy atom. The summed E-state index contributed by atoms with van der Waals surface area (Å²) in [5.41, 5.74) is 1.92. The summed E-state index contributed by atoms with van der Waals surface area (Å²) in [5, 5.41) is 4.27. The van der Waals surface area contributed by atoms with Gasteiger partial charge in [-0.1, -0.05) is 36.4 Å². The third-order valence-electron chi connectivity index (χ3n) is 5.03. The molecule has 0 radical (unpaired) electrons. The van der Waals surface area contributed by atoms with Crippen LogP contribution in [0.25, 0.3) is 10.8 Å². The van der Waals surface area contributed by atoms with Crippen LogP contribution in [0.2, 0.25) is 0 Å². The third kappa shape index (κ3) is 3.57. The molecule has 0 spiro atoms. The summed E-state index contributed by atoms with van der Waals surface area (Å²) in [6.45, 7) is 0.0922. The molecule has 0 aliphatic carbocycles. The van der Waals surface area contributed by atoms with Crippen LogP contribution in [0.3, 0.4) is 0 Å². The SMILES string of the molecule is COc1cccc(CCNC(=O)CN2C(=O)c3cccc4cccc(c34)C2=O)c1. The standard InChI is InChI=1S/C23H20N2O4/c1-29-17-8-2-5-15(13-17)11-12-24-20(26)14-25-22(27)18-9-3-6-16-7-4-10-19(21(16)18)23(25)28/h2-10,13H,11-12,14H2,1H3,(H,24,26). The highest BCUT2D eigenvalue weighted by atomic mass is 16.5. The topological polar surface area (TPSA) is 75.7 Å². The molecular weight excluding hydrogens is 368 g/mol. The minimum Gasteiger partial charge on any atom is -0.497 e. The maximum atomic E-state index is 12.8. The largest absolute Gasteiger partial charge is 0.497 e. The van der Waals surface area contributed by atoms with Crippen molar-refractivity contribution in [3.8, 4) is 5.75 Å². The van der Waals surface area contributed by atoms with Crippen molar-refractivity contribution in [2.24, 2.45) is 0 Å². The van der Waals surface area contributed by atoms with Crippen LogP contribution in [0, 0.1) is 0 Å². The van der Waals surface area contributed by atoms with Crippen molar-refractivity contribution in [2.75, 3.05) is 20.2 Å². The Morgan fingerprint density at radius 1 is 0.966 bits per heavy atom. The van der Waals surface area contributed by atoms with Gasteiger partial charge in [0.1, 0.15) is 12.3 Å². The number of methoxy groups -OCH3 is 1. The fraction of sp³-hybridized carbons (Fsp3) is 0.174. The van der Waals surface area contributed by atoms with Crippen LogP contribution in [-0.2, 0) is 11.2 Å². The van der Waals surface area contributed by atoms with Crippen LogP contribution in [0.5, 0.6) is 5.75 Å². The first-order valence-corrected chi connectivity index (χ1v) is 9.36. The van der Waals surface area contributed by atoms with Gasteiger partial charge >= 0.3 is 0 Å². The van der Waals surface area contributed by atoms with Crippen molar-refractivity contribution in [3.05, 3.63) is 77.4 Å². The molecule has 3 amide bonds. The van der Waals surface area contributed by atoms with E-state index in [4.69, 9.17) is 4.74 Å². The average Bonchev–Trinajstić information content (AvgIpc) is 2.75. The average molecular weight is 388 g/mol. The lowest BCUT2D eigenvalue weighted by atomic mass is 9.94. The normalized spacial score (nSPS) is 12.9. The molecule has 6 nitrogen and oxygen atoms in total. The van der Waals surface area contributed by atoms with Crippen molar-refractivity contribution < 1.29 is 19.1 Å². The second-order valence-corrected chi connectivity index (χ2v) is 6.86. The Hall–Kier alpha value is -3.67. The number of ether oxygens (including phenoxy) is 1. The molecule has 0 aromatic heterocycles. The highest BCUT2D eigenvalue weighted by Crippen LogP contribution is 2.29. The Labute approximate surface area is 168 Å². The molecule has 3 aromatic rings. The predicted molar refractivity (Wildman–Crippen MR) is 109 cm³/mol. The zero-order chi connectivity index (χ0) is 20.4. The first-order chi connectivity index (χ1) is 14.1. The molecule has 0 bridgehead atoms. The molecule has 1 N–H and O–H groups in total. The van der Waals surface area contributed by atoms with E-state index in [0.717, 1.165) is 21.6 Å². The van der Waals surface area contributed by atoms with Gasteiger partial charge < -0.3 is 10.1 Å². The molecule has 146 valence electrons. The van der Waals surface area contributed by atoms with Gasteiger partial charge in [-0.2, -0.15) is 0 Å². The van der Waals surface area contributed by atoms with Gasteiger partial charge in [0.2, 0.25) is 5.91 Å². The zero-order valence-electron chi connectivity index (χ0n) is 16.0. The Morgan fingerprint density at radius 3 is 2.28 bits per heavy atom. The summed E-state index contributed by atoms with van der Waals surface area (Å²) < 4.78 is 5.19. The minimum absolute atomic E-state index is 0.305. The number of nitrogens with one attached hydrogen (secondary N) is 1. The second-order valence-electron chi connectivity index (χ2n) is 6.86. The number of rotatable bonds is 6. The predicted octanol–water partition coefficient (Wildman–Crippen LogP) is 2.80. The van der Waals surface area contributed by atoms with E-state index >= 15 is 0 Å². The number of imide groups is 1. The Bertz CT molecular complexity index is 1070. The molecule has 0 atom stereocenters. The summed E-state index contributed by atoms with van der Waals surface area (Å²) >= 11 is 0. The van der Waals surface area contributed by atoms with Gasteiger partial charge in [0.25, 0.3) is 11.8 Å². The fourth-order valence-electron chi connectivity index (χ4n) is 3.60. The fourth-order valence-corrected chi connectivity index (χ4v) is 3.60. The van der Waals surface area contributed by atoms with Gasteiger partial charge in [0.05, 0.1) is 7.11 Å². The van der Waals surface area contributed by atoms with Crippen LogP contribution in [0.15, 0.2) is 60.7 Å². The monoisotopic (exact) mass is 388 g/mol. The molecule has 0 unspecified atom stereocenters.